The topological polar surface area (TPSA) is 92.3 Å². The van der Waals surface area contributed by atoms with Crippen LogP contribution >= 0.6 is 0 Å². The molecule has 1 aromatic carbocycles. The van der Waals surface area contributed by atoms with Crippen molar-refractivity contribution < 1.29 is 17.6 Å². The molecule has 132 valence electrons. The number of carbonyl (C=O) groups excluding carboxylic acids is 1. The van der Waals surface area contributed by atoms with Crippen LogP contribution in [0.15, 0.2) is 36.4 Å². The Morgan fingerprint density at radius 1 is 1.24 bits per heavy atom. The van der Waals surface area contributed by atoms with E-state index < -0.39 is 21.6 Å². The molecule has 0 radical (unpaired) electrons. The Labute approximate surface area is 144 Å². The molecule has 1 amide bonds. The molecule has 3 rings (SSSR count). The van der Waals surface area contributed by atoms with Gasteiger partial charge < -0.3 is 10.2 Å². The molecule has 1 fully saturated rings. The fourth-order valence-electron chi connectivity index (χ4n) is 2.65. The van der Waals surface area contributed by atoms with Crippen LogP contribution in [0.3, 0.4) is 0 Å². The van der Waals surface area contributed by atoms with Gasteiger partial charge in [0.2, 0.25) is 0 Å². The Bertz CT molecular complexity index is 887. The van der Waals surface area contributed by atoms with E-state index in [1.807, 2.05) is 0 Å². The van der Waals surface area contributed by atoms with E-state index in [9.17, 15) is 17.6 Å². The molecule has 0 bridgehead atoms. The number of rotatable bonds is 4. The molecule has 9 heteroatoms. The van der Waals surface area contributed by atoms with Crippen molar-refractivity contribution in [2.45, 2.75) is 12.5 Å². The first-order valence-electron chi connectivity index (χ1n) is 7.68. The quantitative estimate of drug-likeness (QED) is 0.884. The molecule has 1 aromatic heterocycles. The maximum Gasteiger partial charge on any atom is 0.276 e. The van der Waals surface area contributed by atoms with Crippen LogP contribution in [-0.4, -0.2) is 49.1 Å². The number of amides is 1. The van der Waals surface area contributed by atoms with E-state index in [0.29, 0.717) is 12.2 Å². The van der Waals surface area contributed by atoms with Crippen molar-refractivity contribution >= 4 is 27.2 Å². The number of halogens is 1. The minimum absolute atomic E-state index is 0.0412. The summed E-state index contributed by atoms with van der Waals surface area (Å²) in [6, 6.07) is 8.74. The Morgan fingerprint density at radius 3 is 2.60 bits per heavy atom. The molecule has 1 unspecified atom stereocenters. The summed E-state index contributed by atoms with van der Waals surface area (Å²) in [6.07, 6.45) is 0.538. The normalized spacial score (nSPS) is 18.7. The lowest BCUT2D eigenvalue weighted by molar-refractivity contribution is 0.102. The average Bonchev–Trinajstić information content (AvgIpc) is 2.96. The third-order valence-corrected chi connectivity index (χ3v) is 5.87. The number of carbonyl (C=O) groups is 1. The second-order valence-corrected chi connectivity index (χ2v) is 8.11. The lowest BCUT2D eigenvalue weighted by Gasteiger charge is -2.23. The van der Waals surface area contributed by atoms with Crippen LogP contribution in [0.5, 0.6) is 0 Å². The molecule has 1 N–H and O–H groups in total. The zero-order chi connectivity index (χ0) is 18.0. The fraction of sp³-hybridized carbons (Fsp3) is 0.312. The van der Waals surface area contributed by atoms with Gasteiger partial charge in [-0.05, 0) is 30.7 Å². The lowest BCUT2D eigenvalue weighted by atomic mass is 10.2. The van der Waals surface area contributed by atoms with Crippen molar-refractivity contribution in [1.29, 1.82) is 0 Å². The summed E-state index contributed by atoms with van der Waals surface area (Å²) in [6.45, 7) is 0. The van der Waals surface area contributed by atoms with Crippen LogP contribution in [0.4, 0.5) is 15.9 Å². The number of hydrogen-bond donors (Lipinski definition) is 1. The summed E-state index contributed by atoms with van der Waals surface area (Å²) >= 11 is 0. The van der Waals surface area contributed by atoms with Crippen LogP contribution in [0.1, 0.15) is 16.9 Å². The molecule has 1 saturated heterocycles. The molecule has 2 heterocycles. The van der Waals surface area contributed by atoms with E-state index in [1.54, 1.807) is 24.1 Å². The van der Waals surface area contributed by atoms with Crippen molar-refractivity contribution in [1.82, 2.24) is 10.2 Å². The number of hydrogen-bond acceptors (Lipinski definition) is 6. The number of sulfone groups is 1. The Kier molecular flexibility index (Phi) is 4.67. The van der Waals surface area contributed by atoms with Gasteiger partial charge in [0.05, 0.1) is 17.2 Å². The van der Waals surface area contributed by atoms with Gasteiger partial charge in [-0.25, -0.2) is 12.8 Å². The smallest absolute Gasteiger partial charge is 0.276 e. The van der Waals surface area contributed by atoms with Crippen LogP contribution in [0, 0.1) is 5.82 Å². The minimum Gasteiger partial charge on any atom is -0.354 e. The van der Waals surface area contributed by atoms with E-state index in [0.717, 1.165) is 0 Å². The van der Waals surface area contributed by atoms with Crippen LogP contribution in [0.25, 0.3) is 0 Å². The molecule has 1 aliphatic heterocycles. The Balaban J connectivity index is 1.69. The van der Waals surface area contributed by atoms with E-state index >= 15 is 0 Å². The summed E-state index contributed by atoms with van der Waals surface area (Å²) in [4.78, 5) is 13.9. The van der Waals surface area contributed by atoms with Crippen molar-refractivity contribution in [3.63, 3.8) is 0 Å². The molecular formula is C16H17FN4O3S. The Hall–Kier alpha value is -2.55. The lowest BCUT2D eigenvalue weighted by Crippen LogP contribution is -2.33. The van der Waals surface area contributed by atoms with Gasteiger partial charge in [0.1, 0.15) is 5.82 Å². The highest BCUT2D eigenvalue weighted by Gasteiger charge is 2.31. The molecule has 7 nitrogen and oxygen atoms in total. The minimum atomic E-state index is -3.00. The Morgan fingerprint density at radius 2 is 2.00 bits per heavy atom. The summed E-state index contributed by atoms with van der Waals surface area (Å²) < 4.78 is 36.7. The molecular weight excluding hydrogens is 347 g/mol. The number of aromatic nitrogens is 2. The first-order valence-corrected chi connectivity index (χ1v) is 9.51. The maximum atomic E-state index is 13.6. The fourth-order valence-corrected chi connectivity index (χ4v) is 4.43. The van der Waals surface area contributed by atoms with E-state index in [4.69, 9.17) is 0 Å². The van der Waals surface area contributed by atoms with Gasteiger partial charge in [-0.3, -0.25) is 4.79 Å². The molecule has 2 aromatic rings. The summed E-state index contributed by atoms with van der Waals surface area (Å²) in [7, 11) is -1.25. The van der Waals surface area contributed by atoms with Gasteiger partial charge in [0.25, 0.3) is 5.91 Å². The predicted molar refractivity (Wildman–Crippen MR) is 91.8 cm³/mol. The van der Waals surface area contributed by atoms with Crippen molar-refractivity contribution in [2.24, 2.45) is 0 Å². The van der Waals surface area contributed by atoms with Crippen LogP contribution in [-0.2, 0) is 9.84 Å². The summed E-state index contributed by atoms with van der Waals surface area (Å²) in [5, 5.41) is 10.3. The SMILES string of the molecule is CN(c1ccc(C(=O)Nc2ccccc2F)nn1)C1CCS(=O)(=O)C1. The van der Waals surface area contributed by atoms with E-state index in [2.05, 4.69) is 15.5 Å². The third-order valence-electron chi connectivity index (χ3n) is 4.12. The van der Waals surface area contributed by atoms with Crippen molar-refractivity contribution in [3.8, 4) is 0 Å². The standard InChI is InChI=1S/C16H17FN4O3S/c1-21(11-8-9-25(23,24)10-11)15-7-6-14(19-20-15)16(22)18-13-5-3-2-4-12(13)17/h2-7,11H,8-10H2,1H3,(H,18,22). The van der Waals surface area contributed by atoms with Crippen molar-refractivity contribution in [3.05, 3.63) is 47.9 Å². The summed E-state index contributed by atoms with van der Waals surface area (Å²) in [5.74, 6) is -0.387. The van der Waals surface area contributed by atoms with Gasteiger partial charge in [-0.15, -0.1) is 10.2 Å². The molecule has 25 heavy (non-hydrogen) atoms. The highest BCUT2D eigenvalue weighted by Crippen LogP contribution is 2.21. The maximum absolute atomic E-state index is 13.6. The van der Waals surface area contributed by atoms with Crippen LogP contribution in [0.2, 0.25) is 0 Å². The summed E-state index contributed by atoms with van der Waals surface area (Å²) in [5.41, 5.74) is 0.103. The number of para-hydroxylation sites is 1. The van der Waals surface area contributed by atoms with E-state index in [1.165, 1.54) is 24.3 Å². The zero-order valence-electron chi connectivity index (χ0n) is 13.5. The number of anilines is 2. The zero-order valence-corrected chi connectivity index (χ0v) is 14.3. The molecule has 1 aliphatic rings. The van der Waals surface area contributed by atoms with Gasteiger partial charge >= 0.3 is 0 Å². The predicted octanol–water partition coefficient (Wildman–Crippen LogP) is 1.49. The monoisotopic (exact) mass is 364 g/mol. The largest absolute Gasteiger partial charge is 0.354 e. The molecule has 0 spiro atoms. The van der Waals surface area contributed by atoms with Gasteiger partial charge in [0, 0.05) is 13.1 Å². The second-order valence-electron chi connectivity index (χ2n) is 5.88. The highest BCUT2D eigenvalue weighted by atomic mass is 32.2. The molecule has 0 saturated carbocycles. The number of nitrogens with one attached hydrogen (secondary N) is 1. The van der Waals surface area contributed by atoms with Gasteiger partial charge in [-0.1, -0.05) is 12.1 Å². The third kappa shape index (κ3) is 3.93. The van der Waals surface area contributed by atoms with Crippen molar-refractivity contribution in [2.75, 3.05) is 28.8 Å². The van der Waals surface area contributed by atoms with Crippen LogP contribution < -0.4 is 10.2 Å². The van der Waals surface area contributed by atoms with Gasteiger partial charge in [0.15, 0.2) is 21.3 Å². The number of benzene rings is 1. The second kappa shape index (κ2) is 6.75. The molecule has 0 aliphatic carbocycles. The van der Waals surface area contributed by atoms with E-state index in [-0.39, 0.29) is 28.9 Å². The highest BCUT2D eigenvalue weighted by molar-refractivity contribution is 7.91. The first-order chi connectivity index (χ1) is 11.9. The average molecular weight is 364 g/mol. The number of nitrogens with zero attached hydrogens (tertiary/aromatic N) is 3. The first kappa shape index (κ1) is 17.3. The van der Waals surface area contributed by atoms with Gasteiger partial charge in [-0.2, -0.15) is 0 Å². The molecule has 1 atom stereocenters.